The van der Waals surface area contributed by atoms with Crippen molar-refractivity contribution in [2.75, 3.05) is 0 Å². The molecule has 0 saturated heterocycles. The molecule has 29 heavy (non-hydrogen) atoms. The molecule has 4 rings (SSSR count). The molecule has 0 unspecified atom stereocenters. The Balaban J connectivity index is 1.67. The second-order valence-electron chi connectivity index (χ2n) is 6.67. The molecule has 3 aromatic heterocycles. The maximum atomic E-state index is 12.9. The normalized spacial score (nSPS) is 11.1. The number of esters is 1. The Bertz CT molecular complexity index is 1310. The average Bonchev–Trinajstić information content (AvgIpc) is 2.72. The Morgan fingerprint density at radius 2 is 1.97 bits per heavy atom. The van der Waals surface area contributed by atoms with Crippen LogP contribution in [0.1, 0.15) is 34.2 Å². The highest BCUT2D eigenvalue weighted by atomic mass is 79.9. The molecule has 0 aliphatic carbocycles. The molecule has 1 aromatic carbocycles. The molecule has 0 radical (unpaired) electrons. The number of carbonyl (C=O) groups excluding carboxylic acids is 1. The van der Waals surface area contributed by atoms with Crippen LogP contribution in [0.5, 0.6) is 0 Å². The molecule has 0 spiro atoms. The number of ether oxygens (including phenoxy) is 1. The minimum Gasteiger partial charge on any atom is -0.456 e. The number of aromatic nitrogens is 3. The van der Waals surface area contributed by atoms with E-state index in [1.54, 1.807) is 18.3 Å². The van der Waals surface area contributed by atoms with Gasteiger partial charge in [-0.3, -0.25) is 14.2 Å². The summed E-state index contributed by atoms with van der Waals surface area (Å²) < 4.78 is 7.76. The molecule has 0 aliphatic heterocycles. The molecule has 0 fully saturated rings. The summed E-state index contributed by atoms with van der Waals surface area (Å²) in [7, 11) is 0. The molecule has 4 aromatic rings. The number of para-hydroxylation sites is 1. The van der Waals surface area contributed by atoms with E-state index in [0.29, 0.717) is 16.9 Å². The summed E-state index contributed by atoms with van der Waals surface area (Å²) in [6.07, 6.45) is 2.37. The molecule has 146 valence electrons. The zero-order valence-corrected chi connectivity index (χ0v) is 17.6. The van der Waals surface area contributed by atoms with E-state index in [0.717, 1.165) is 33.1 Å². The third-order valence-electron chi connectivity index (χ3n) is 4.80. The summed E-state index contributed by atoms with van der Waals surface area (Å²) in [6, 6.07) is 12.4. The summed E-state index contributed by atoms with van der Waals surface area (Å²) >= 11 is 3.34. The third kappa shape index (κ3) is 3.65. The maximum Gasteiger partial charge on any atom is 0.339 e. The number of aryl methyl sites for hydroxylation is 1. The van der Waals surface area contributed by atoms with Crippen molar-refractivity contribution in [1.82, 2.24) is 14.4 Å². The van der Waals surface area contributed by atoms with Crippen LogP contribution in [0, 0.1) is 6.92 Å². The maximum absolute atomic E-state index is 12.9. The van der Waals surface area contributed by atoms with Gasteiger partial charge in [0.2, 0.25) is 0 Å². The van der Waals surface area contributed by atoms with Gasteiger partial charge in [0.05, 0.1) is 16.8 Å². The molecule has 0 atom stereocenters. The molecule has 3 heterocycles. The van der Waals surface area contributed by atoms with E-state index < -0.39 is 5.97 Å². The van der Waals surface area contributed by atoms with Crippen LogP contribution >= 0.6 is 15.9 Å². The van der Waals surface area contributed by atoms with Crippen molar-refractivity contribution in [3.63, 3.8) is 0 Å². The Hall–Kier alpha value is -3.06. The van der Waals surface area contributed by atoms with Crippen molar-refractivity contribution in [3.8, 4) is 0 Å². The van der Waals surface area contributed by atoms with Gasteiger partial charge in [0, 0.05) is 27.8 Å². The van der Waals surface area contributed by atoms with Crippen LogP contribution < -0.4 is 5.56 Å². The van der Waals surface area contributed by atoms with E-state index in [-0.39, 0.29) is 12.2 Å². The lowest BCUT2D eigenvalue weighted by Crippen LogP contribution is -2.17. The number of rotatable bonds is 4. The number of hydrogen-bond donors (Lipinski definition) is 0. The smallest absolute Gasteiger partial charge is 0.339 e. The van der Waals surface area contributed by atoms with E-state index in [4.69, 9.17) is 4.74 Å². The van der Waals surface area contributed by atoms with Gasteiger partial charge in [0.25, 0.3) is 5.56 Å². The van der Waals surface area contributed by atoms with Gasteiger partial charge in [0.1, 0.15) is 12.3 Å². The van der Waals surface area contributed by atoms with Gasteiger partial charge in [-0.25, -0.2) is 9.78 Å². The Morgan fingerprint density at radius 1 is 1.17 bits per heavy atom. The number of nitrogens with zero attached hydrogens (tertiary/aromatic N) is 3. The topological polar surface area (TPSA) is 73.6 Å². The van der Waals surface area contributed by atoms with Crippen LogP contribution in [0.2, 0.25) is 0 Å². The molecule has 0 bridgehead atoms. The van der Waals surface area contributed by atoms with Crippen molar-refractivity contribution in [2.45, 2.75) is 26.9 Å². The fourth-order valence-corrected chi connectivity index (χ4v) is 3.71. The molecule has 6 nitrogen and oxygen atoms in total. The number of benzene rings is 1. The lowest BCUT2D eigenvalue weighted by Gasteiger charge is -2.13. The molecular weight excluding hydrogens is 434 g/mol. The predicted octanol–water partition coefficient (Wildman–Crippen LogP) is 4.23. The van der Waals surface area contributed by atoms with Crippen molar-refractivity contribution in [1.29, 1.82) is 0 Å². The fraction of sp³-hybridized carbons (Fsp3) is 0.182. The largest absolute Gasteiger partial charge is 0.456 e. The lowest BCUT2D eigenvalue weighted by atomic mass is 10.0. The van der Waals surface area contributed by atoms with E-state index >= 15 is 0 Å². The number of pyridine rings is 2. The molecule has 7 heteroatoms. The average molecular weight is 452 g/mol. The Labute approximate surface area is 175 Å². The van der Waals surface area contributed by atoms with Crippen LogP contribution in [0.3, 0.4) is 0 Å². The number of carbonyl (C=O) groups is 1. The minimum atomic E-state index is -0.450. The van der Waals surface area contributed by atoms with Gasteiger partial charge in [-0.2, -0.15) is 0 Å². The highest BCUT2D eigenvalue weighted by Gasteiger charge is 2.19. The first kappa shape index (κ1) is 19.3. The summed E-state index contributed by atoms with van der Waals surface area (Å²) in [5, 5.41) is 0.753. The zero-order valence-electron chi connectivity index (χ0n) is 16.0. The van der Waals surface area contributed by atoms with Gasteiger partial charge >= 0.3 is 5.97 Å². The highest BCUT2D eigenvalue weighted by Crippen LogP contribution is 2.24. The van der Waals surface area contributed by atoms with Crippen LogP contribution in [0.25, 0.3) is 16.6 Å². The zero-order chi connectivity index (χ0) is 20.5. The first-order valence-electron chi connectivity index (χ1n) is 9.21. The van der Waals surface area contributed by atoms with Crippen molar-refractivity contribution in [3.05, 3.63) is 86.0 Å². The quantitative estimate of drug-likeness (QED) is 0.434. The van der Waals surface area contributed by atoms with E-state index in [9.17, 15) is 9.59 Å². The monoisotopic (exact) mass is 451 g/mol. The second-order valence-corrected chi connectivity index (χ2v) is 7.58. The standard InChI is InChI=1S/C22H18BrN3O3/c1-3-17-13(2)21(16-6-4-5-7-18(16)25-17)22(28)29-12-15-10-20(27)26-11-14(23)8-9-19(26)24-15/h4-11H,3,12H2,1-2H3. The first-order valence-corrected chi connectivity index (χ1v) is 10.0. The van der Waals surface area contributed by atoms with Gasteiger partial charge in [-0.15, -0.1) is 0 Å². The summed E-state index contributed by atoms with van der Waals surface area (Å²) in [6.45, 7) is 3.80. The van der Waals surface area contributed by atoms with Crippen LogP contribution in [-0.2, 0) is 17.8 Å². The van der Waals surface area contributed by atoms with Gasteiger partial charge in [-0.1, -0.05) is 25.1 Å². The molecular formula is C22H18BrN3O3. The SMILES string of the molecule is CCc1nc2ccccc2c(C(=O)OCc2cc(=O)n3cc(Br)ccc3n2)c1C. The molecule has 0 saturated carbocycles. The highest BCUT2D eigenvalue weighted by molar-refractivity contribution is 9.10. The fourth-order valence-electron chi connectivity index (χ4n) is 3.38. The number of fused-ring (bicyclic) bond motifs is 2. The number of halogens is 1. The Kier molecular flexibility index (Phi) is 5.15. The van der Waals surface area contributed by atoms with Crippen LogP contribution in [0.15, 0.2) is 57.9 Å². The summed E-state index contributed by atoms with van der Waals surface area (Å²) in [5.41, 5.74) is 3.60. The minimum absolute atomic E-state index is 0.0851. The molecule has 0 amide bonds. The van der Waals surface area contributed by atoms with Crippen LogP contribution in [-0.4, -0.2) is 20.3 Å². The van der Waals surface area contributed by atoms with Gasteiger partial charge in [0.15, 0.2) is 0 Å². The summed E-state index contributed by atoms with van der Waals surface area (Å²) in [4.78, 5) is 34.3. The van der Waals surface area contributed by atoms with Gasteiger partial charge in [-0.05, 0) is 53.0 Å². The number of hydrogen-bond acceptors (Lipinski definition) is 5. The Morgan fingerprint density at radius 3 is 2.76 bits per heavy atom. The molecule has 0 aliphatic rings. The summed E-state index contributed by atoms with van der Waals surface area (Å²) in [5.74, 6) is -0.450. The third-order valence-corrected chi connectivity index (χ3v) is 5.27. The van der Waals surface area contributed by atoms with E-state index in [1.165, 1.54) is 10.5 Å². The van der Waals surface area contributed by atoms with Crippen molar-refractivity contribution in [2.24, 2.45) is 0 Å². The van der Waals surface area contributed by atoms with Crippen LogP contribution in [0.4, 0.5) is 0 Å². The molecule has 0 N–H and O–H groups in total. The van der Waals surface area contributed by atoms with Crippen molar-refractivity contribution < 1.29 is 9.53 Å². The van der Waals surface area contributed by atoms with E-state index in [2.05, 4.69) is 25.9 Å². The van der Waals surface area contributed by atoms with Gasteiger partial charge < -0.3 is 4.74 Å². The first-order chi connectivity index (χ1) is 14.0. The van der Waals surface area contributed by atoms with Crippen molar-refractivity contribution >= 4 is 38.4 Å². The lowest BCUT2D eigenvalue weighted by molar-refractivity contribution is 0.0469. The second kappa shape index (κ2) is 7.75. The van der Waals surface area contributed by atoms with E-state index in [1.807, 2.05) is 38.1 Å². The predicted molar refractivity (Wildman–Crippen MR) is 114 cm³/mol.